The minimum Gasteiger partial charge on any atom is -0.489 e. The molecule has 0 aliphatic carbocycles. The summed E-state index contributed by atoms with van der Waals surface area (Å²) in [7, 11) is 0. The molecule has 0 bridgehead atoms. The summed E-state index contributed by atoms with van der Waals surface area (Å²) < 4.78 is 5.80. The lowest BCUT2D eigenvalue weighted by Gasteiger charge is -2.07. The van der Waals surface area contributed by atoms with Crippen molar-refractivity contribution in [2.45, 2.75) is 13.5 Å². The molecule has 3 aromatic carbocycles. The highest BCUT2D eigenvalue weighted by molar-refractivity contribution is 5.92. The number of rotatable bonds is 6. The molecule has 1 N–H and O–H groups in total. The number of hydrogen-bond donors (Lipinski definition) is 1. The highest BCUT2D eigenvalue weighted by atomic mass is 16.5. The maximum absolute atomic E-state index is 10.9. The largest absolute Gasteiger partial charge is 0.489 e. The van der Waals surface area contributed by atoms with Crippen LogP contribution in [0.4, 0.5) is 0 Å². The van der Waals surface area contributed by atoms with Gasteiger partial charge in [0.2, 0.25) is 0 Å². The van der Waals surface area contributed by atoms with Gasteiger partial charge in [-0.05, 0) is 54.0 Å². The van der Waals surface area contributed by atoms with E-state index in [1.54, 1.807) is 18.2 Å². The quantitative estimate of drug-likeness (QED) is 0.470. The number of carbonyl (C=O) groups is 1. The molecule has 0 fully saturated rings. The third-order valence-corrected chi connectivity index (χ3v) is 4.28. The molecule has 138 valence electrons. The monoisotopic (exact) mass is 369 g/mol. The molecule has 0 heterocycles. The molecule has 0 aliphatic heterocycles. The molecule has 0 saturated carbocycles. The lowest BCUT2D eigenvalue weighted by atomic mass is 10.0. The number of nitriles is 1. The van der Waals surface area contributed by atoms with Gasteiger partial charge in [-0.15, -0.1) is 0 Å². The van der Waals surface area contributed by atoms with Crippen LogP contribution in [-0.2, 0) is 6.61 Å². The second kappa shape index (κ2) is 8.70. The Labute approximate surface area is 164 Å². The molecule has 0 radical (unpaired) electrons. The average Bonchev–Trinajstić information content (AvgIpc) is 2.72. The van der Waals surface area contributed by atoms with Crippen molar-refractivity contribution in [1.29, 1.82) is 5.26 Å². The normalized spacial score (nSPS) is 10.9. The van der Waals surface area contributed by atoms with Crippen molar-refractivity contribution in [3.8, 4) is 11.8 Å². The lowest BCUT2D eigenvalue weighted by molar-refractivity contribution is 0.0697. The van der Waals surface area contributed by atoms with E-state index >= 15 is 0 Å². The summed E-state index contributed by atoms with van der Waals surface area (Å²) in [5.74, 6) is -0.239. The van der Waals surface area contributed by atoms with Crippen LogP contribution in [0.3, 0.4) is 0 Å². The van der Waals surface area contributed by atoms with Crippen LogP contribution in [0, 0.1) is 18.3 Å². The Balaban J connectivity index is 1.69. The maximum atomic E-state index is 10.9. The number of allylic oxidation sites excluding steroid dienone is 1. The van der Waals surface area contributed by atoms with E-state index in [4.69, 9.17) is 9.84 Å². The zero-order valence-corrected chi connectivity index (χ0v) is 15.4. The van der Waals surface area contributed by atoms with Crippen LogP contribution in [0.5, 0.6) is 5.75 Å². The standard InChI is InChI=1S/C24H19NO3/c1-17-2-4-19(5-3-17)16-28-23-12-6-18(7-13-23)14-22(15-25)20-8-10-21(11-9-20)24(26)27/h2-14H,16H2,1H3,(H,26,27)/b22-14-. The summed E-state index contributed by atoms with van der Waals surface area (Å²) in [6.45, 7) is 2.54. The first kappa shape index (κ1) is 18.9. The van der Waals surface area contributed by atoms with Crippen molar-refractivity contribution >= 4 is 17.6 Å². The highest BCUT2D eigenvalue weighted by Gasteiger charge is 2.05. The predicted octanol–water partition coefficient (Wildman–Crippen LogP) is 5.34. The van der Waals surface area contributed by atoms with Crippen molar-refractivity contribution in [2.24, 2.45) is 0 Å². The lowest BCUT2D eigenvalue weighted by Crippen LogP contribution is -1.96. The predicted molar refractivity (Wildman–Crippen MR) is 109 cm³/mol. The van der Waals surface area contributed by atoms with Crippen LogP contribution >= 0.6 is 0 Å². The van der Waals surface area contributed by atoms with E-state index in [0.717, 1.165) is 16.9 Å². The number of nitrogens with zero attached hydrogens (tertiary/aromatic N) is 1. The average molecular weight is 369 g/mol. The number of aromatic carboxylic acids is 1. The first-order chi connectivity index (χ1) is 13.5. The van der Waals surface area contributed by atoms with Gasteiger partial charge in [0.1, 0.15) is 12.4 Å². The van der Waals surface area contributed by atoms with Gasteiger partial charge in [-0.3, -0.25) is 0 Å². The maximum Gasteiger partial charge on any atom is 0.335 e. The molecule has 3 rings (SSSR count). The zero-order chi connectivity index (χ0) is 19.9. The Bertz CT molecular complexity index is 1030. The van der Waals surface area contributed by atoms with E-state index in [0.29, 0.717) is 17.7 Å². The van der Waals surface area contributed by atoms with Crippen LogP contribution in [0.25, 0.3) is 11.6 Å². The number of ether oxygens (including phenoxy) is 1. The molecule has 0 saturated heterocycles. The molecule has 0 spiro atoms. The van der Waals surface area contributed by atoms with Crippen molar-refractivity contribution < 1.29 is 14.6 Å². The van der Waals surface area contributed by atoms with Gasteiger partial charge in [-0.2, -0.15) is 5.26 Å². The summed E-state index contributed by atoms with van der Waals surface area (Å²) >= 11 is 0. The highest BCUT2D eigenvalue weighted by Crippen LogP contribution is 2.21. The zero-order valence-electron chi connectivity index (χ0n) is 15.4. The second-order valence-corrected chi connectivity index (χ2v) is 6.40. The van der Waals surface area contributed by atoms with E-state index in [2.05, 4.69) is 18.2 Å². The second-order valence-electron chi connectivity index (χ2n) is 6.40. The van der Waals surface area contributed by atoms with E-state index < -0.39 is 5.97 Å². The Morgan fingerprint density at radius 2 is 1.57 bits per heavy atom. The number of benzene rings is 3. The molecule has 0 aliphatic rings. The van der Waals surface area contributed by atoms with Crippen molar-refractivity contribution in [2.75, 3.05) is 0 Å². The summed E-state index contributed by atoms with van der Waals surface area (Å²) in [5, 5.41) is 18.4. The van der Waals surface area contributed by atoms with E-state index in [1.807, 2.05) is 43.3 Å². The van der Waals surface area contributed by atoms with Crippen LogP contribution in [-0.4, -0.2) is 11.1 Å². The summed E-state index contributed by atoms with van der Waals surface area (Å²) in [4.78, 5) is 10.9. The molecule has 0 atom stereocenters. The van der Waals surface area contributed by atoms with Crippen LogP contribution in [0.2, 0.25) is 0 Å². The fraction of sp³-hybridized carbons (Fsp3) is 0.0833. The van der Waals surface area contributed by atoms with Gasteiger partial charge >= 0.3 is 5.97 Å². The molecular weight excluding hydrogens is 350 g/mol. The van der Waals surface area contributed by atoms with Gasteiger partial charge in [0.05, 0.1) is 17.2 Å². The smallest absolute Gasteiger partial charge is 0.335 e. The topological polar surface area (TPSA) is 70.3 Å². The van der Waals surface area contributed by atoms with Crippen molar-refractivity contribution in [1.82, 2.24) is 0 Å². The Morgan fingerprint density at radius 1 is 0.964 bits per heavy atom. The van der Waals surface area contributed by atoms with Crippen molar-refractivity contribution in [3.05, 3.63) is 101 Å². The number of aryl methyl sites for hydroxylation is 1. The minimum atomic E-state index is -0.990. The minimum absolute atomic E-state index is 0.191. The van der Waals surface area contributed by atoms with Gasteiger partial charge in [-0.25, -0.2) is 4.79 Å². The first-order valence-corrected chi connectivity index (χ1v) is 8.79. The third-order valence-electron chi connectivity index (χ3n) is 4.28. The molecule has 0 amide bonds. The number of carboxylic acid groups (broad SMARTS) is 1. The fourth-order valence-electron chi connectivity index (χ4n) is 2.65. The molecular formula is C24H19NO3. The molecule has 0 unspecified atom stereocenters. The van der Waals surface area contributed by atoms with Gasteiger partial charge < -0.3 is 9.84 Å². The SMILES string of the molecule is Cc1ccc(COc2ccc(/C=C(/C#N)c3ccc(C(=O)O)cc3)cc2)cc1. The van der Waals surface area contributed by atoms with Gasteiger partial charge in [0.25, 0.3) is 0 Å². The third kappa shape index (κ3) is 4.87. The molecule has 4 nitrogen and oxygen atoms in total. The summed E-state index contributed by atoms with van der Waals surface area (Å²) in [6.07, 6.45) is 1.76. The van der Waals surface area contributed by atoms with Crippen LogP contribution in [0.1, 0.15) is 32.6 Å². The molecule has 3 aromatic rings. The molecule has 28 heavy (non-hydrogen) atoms. The number of carboxylic acids is 1. The van der Waals surface area contributed by atoms with Gasteiger partial charge in [0.15, 0.2) is 0 Å². The number of hydrogen-bond acceptors (Lipinski definition) is 3. The Morgan fingerprint density at radius 3 is 2.14 bits per heavy atom. The van der Waals surface area contributed by atoms with Crippen LogP contribution in [0.15, 0.2) is 72.8 Å². The Kier molecular flexibility index (Phi) is 5.88. The molecule has 4 heteroatoms. The summed E-state index contributed by atoms with van der Waals surface area (Å²) in [5.41, 5.74) is 4.51. The fourth-order valence-corrected chi connectivity index (χ4v) is 2.65. The molecule has 0 aromatic heterocycles. The van der Waals surface area contributed by atoms with Crippen molar-refractivity contribution in [3.63, 3.8) is 0 Å². The van der Waals surface area contributed by atoms with E-state index in [1.165, 1.54) is 17.7 Å². The van der Waals surface area contributed by atoms with Gasteiger partial charge in [0, 0.05) is 0 Å². The van der Waals surface area contributed by atoms with E-state index in [9.17, 15) is 10.1 Å². The Hall–Kier alpha value is -3.84. The first-order valence-electron chi connectivity index (χ1n) is 8.79. The van der Waals surface area contributed by atoms with E-state index in [-0.39, 0.29) is 5.56 Å². The summed E-state index contributed by atoms with van der Waals surface area (Å²) in [6, 6.07) is 24.1. The van der Waals surface area contributed by atoms with Crippen LogP contribution < -0.4 is 4.74 Å². The van der Waals surface area contributed by atoms with Gasteiger partial charge in [-0.1, -0.05) is 54.1 Å².